The number of nitrogens with one attached hydrogen (secondary N) is 1. The van der Waals surface area contributed by atoms with Crippen LogP contribution in [0.2, 0.25) is 0 Å². The van der Waals surface area contributed by atoms with Gasteiger partial charge in [0.2, 0.25) is 0 Å². The Kier molecular flexibility index (Phi) is 5.03. The van der Waals surface area contributed by atoms with Crippen LogP contribution in [-0.4, -0.2) is 26.0 Å². The van der Waals surface area contributed by atoms with Gasteiger partial charge in [-0.1, -0.05) is 12.1 Å². The van der Waals surface area contributed by atoms with E-state index in [9.17, 15) is 8.42 Å². The van der Waals surface area contributed by atoms with Crippen LogP contribution in [0.3, 0.4) is 0 Å². The molecular weight excluding hydrogens is 270 g/mol. The van der Waals surface area contributed by atoms with Crippen LogP contribution in [0.5, 0.6) is 0 Å². The van der Waals surface area contributed by atoms with Gasteiger partial charge in [-0.3, -0.25) is 0 Å². The summed E-state index contributed by atoms with van der Waals surface area (Å²) >= 11 is 0. The van der Waals surface area contributed by atoms with Crippen LogP contribution in [-0.2, 0) is 9.84 Å². The van der Waals surface area contributed by atoms with E-state index < -0.39 is 14.6 Å². The molecule has 20 heavy (non-hydrogen) atoms. The SMILES string of the molecule is Cc1cc(C)c(C(C)NCC(C)(C)S(C)(=O)=O)cc1C. The fraction of sp³-hybridized carbons (Fsp3) is 0.625. The smallest absolute Gasteiger partial charge is 0.153 e. The lowest BCUT2D eigenvalue weighted by atomic mass is 9.96. The number of sulfone groups is 1. The first-order valence-electron chi connectivity index (χ1n) is 6.96. The minimum absolute atomic E-state index is 0.135. The molecule has 4 heteroatoms. The quantitative estimate of drug-likeness (QED) is 0.908. The summed E-state index contributed by atoms with van der Waals surface area (Å²) in [5, 5.41) is 3.35. The molecule has 3 nitrogen and oxygen atoms in total. The number of hydrogen-bond acceptors (Lipinski definition) is 3. The van der Waals surface area contributed by atoms with E-state index >= 15 is 0 Å². The summed E-state index contributed by atoms with van der Waals surface area (Å²) in [7, 11) is -3.07. The second-order valence-electron chi connectivity index (χ2n) is 6.43. The molecule has 1 unspecified atom stereocenters. The normalized spacial score (nSPS) is 14.3. The zero-order chi connectivity index (χ0) is 15.7. The first kappa shape index (κ1) is 17.2. The van der Waals surface area contributed by atoms with E-state index in [4.69, 9.17) is 0 Å². The lowest BCUT2D eigenvalue weighted by molar-refractivity contribution is 0.488. The molecule has 1 aromatic carbocycles. The van der Waals surface area contributed by atoms with Crippen LogP contribution in [0.25, 0.3) is 0 Å². The van der Waals surface area contributed by atoms with Gasteiger partial charge in [-0.15, -0.1) is 0 Å². The van der Waals surface area contributed by atoms with Crippen LogP contribution < -0.4 is 5.32 Å². The predicted octanol–water partition coefficient (Wildman–Crippen LogP) is 3.09. The van der Waals surface area contributed by atoms with Crippen molar-refractivity contribution in [3.63, 3.8) is 0 Å². The summed E-state index contributed by atoms with van der Waals surface area (Å²) in [5.41, 5.74) is 5.03. The predicted molar refractivity (Wildman–Crippen MR) is 86.0 cm³/mol. The number of benzene rings is 1. The average molecular weight is 297 g/mol. The summed E-state index contributed by atoms with van der Waals surface area (Å²) in [6.07, 6.45) is 1.29. The van der Waals surface area contributed by atoms with Crippen molar-refractivity contribution >= 4 is 9.84 Å². The zero-order valence-electron chi connectivity index (χ0n) is 13.7. The largest absolute Gasteiger partial charge is 0.309 e. The molecular formula is C16H27NO2S. The maximum absolute atomic E-state index is 11.7. The third kappa shape index (κ3) is 3.83. The number of hydrogen-bond donors (Lipinski definition) is 1. The van der Waals surface area contributed by atoms with Crippen molar-refractivity contribution in [2.45, 2.75) is 52.3 Å². The van der Waals surface area contributed by atoms with Crippen LogP contribution in [0.1, 0.15) is 49.1 Å². The van der Waals surface area contributed by atoms with E-state index in [0.717, 1.165) is 0 Å². The summed E-state index contributed by atoms with van der Waals surface area (Å²) in [6, 6.07) is 4.51. The Balaban J connectivity index is 2.88. The minimum atomic E-state index is -3.07. The van der Waals surface area contributed by atoms with Gasteiger partial charge in [0.1, 0.15) is 0 Å². The van der Waals surface area contributed by atoms with Crippen molar-refractivity contribution in [3.05, 3.63) is 34.4 Å². The Bertz CT molecular complexity index is 589. The Morgan fingerprint density at radius 3 is 2.10 bits per heavy atom. The van der Waals surface area contributed by atoms with E-state index in [1.807, 2.05) is 0 Å². The molecule has 1 rings (SSSR count). The van der Waals surface area contributed by atoms with Gasteiger partial charge in [-0.2, -0.15) is 0 Å². The van der Waals surface area contributed by atoms with Gasteiger partial charge < -0.3 is 5.32 Å². The first-order valence-corrected chi connectivity index (χ1v) is 8.85. The van der Waals surface area contributed by atoms with E-state index in [2.05, 4.69) is 45.1 Å². The van der Waals surface area contributed by atoms with Gasteiger partial charge in [0.05, 0.1) is 4.75 Å². The van der Waals surface area contributed by atoms with Crippen molar-refractivity contribution in [1.82, 2.24) is 5.32 Å². The third-order valence-corrected chi connectivity index (χ3v) is 6.34. The number of rotatable bonds is 5. The second-order valence-corrected chi connectivity index (χ2v) is 9.08. The molecule has 1 atom stereocenters. The molecule has 0 spiro atoms. The van der Waals surface area contributed by atoms with E-state index in [1.165, 1.54) is 28.5 Å². The van der Waals surface area contributed by atoms with Gasteiger partial charge in [-0.05, 0) is 63.8 Å². The molecule has 0 aliphatic rings. The summed E-state index contributed by atoms with van der Waals surface area (Å²) in [6.45, 7) is 12.4. The number of aryl methyl sites for hydroxylation is 3. The maximum atomic E-state index is 11.7. The Morgan fingerprint density at radius 1 is 1.10 bits per heavy atom. The molecule has 0 aliphatic carbocycles. The molecule has 0 heterocycles. The van der Waals surface area contributed by atoms with E-state index in [-0.39, 0.29) is 6.04 Å². The lowest BCUT2D eigenvalue weighted by Gasteiger charge is -2.26. The van der Waals surface area contributed by atoms with Crippen LogP contribution >= 0.6 is 0 Å². The maximum Gasteiger partial charge on any atom is 0.153 e. The molecule has 0 amide bonds. The van der Waals surface area contributed by atoms with Gasteiger partial charge in [-0.25, -0.2) is 8.42 Å². The molecule has 0 aromatic heterocycles. The molecule has 0 fully saturated rings. The van der Waals surface area contributed by atoms with Gasteiger partial charge >= 0.3 is 0 Å². The lowest BCUT2D eigenvalue weighted by Crippen LogP contribution is -2.42. The van der Waals surface area contributed by atoms with Crippen molar-refractivity contribution in [2.24, 2.45) is 0 Å². The van der Waals surface area contributed by atoms with Crippen LogP contribution in [0.4, 0.5) is 0 Å². The van der Waals surface area contributed by atoms with Gasteiger partial charge in [0.15, 0.2) is 9.84 Å². The molecule has 1 N–H and O–H groups in total. The highest BCUT2D eigenvalue weighted by atomic mass is 32.2. The minimum Gasteiger partial charge on any atom is -0.309 e. The molecule has 1 aromatic rings. The fourth-order valence-corrected chi connectivity index (χ4v) is 2.43. The Hall–Kier alpha value is -0.870. The van der Waals surface area contributed by atoms with Crippen LogP contribution in [0.15, 0.2) is 12.1 Å². The standard InChI is InChI=1S/C16H27NO2S/c1-11-8-13(3)15(9-12(11)2)14(4)17-10-16(5,6)20(7,18)19/h8-9,14,17H,10H2,1-7H3. The molecule has 0 saturated heterocycles. The highest BCUT2D eigenvalue weighted by molar-refractivity contribution is 7.92. The summed E-state index contributed by atoms with van der Waals surface area (Å²) in [4.78, 5) is 0. The Labute approximate surface area is 123 Å². The van der Waals surface area contributed by atoms with Gasteiger partial charge in [0.25, 0.3) is 0 Å². The molecule has 0 radical (unpaired) electrons. The first-order chi connectivity index (χ1) is 8.95. The highest BCUT2D eigenvalue weighted by Crippen LogP contribution is 2.23. The van der Waals surface area contributed by atoms with Crippen molar-refractivity contribution in [3.8, 4) is 0 Å². The Morgan fingerprint density at radius 2 is 1.60 bits per heavy atom. The van der Waals surface area contributed by atoms with Crippen molar-refractivity contribution in [2.75, 3.05) is 12.8 Å². The van der Waals surface area contributed by atoms with E-state index in [1.54, 1.807) is 13.8 Å². The summed E-state index contributed by atoms with van der Waals surface area (Å²) in [5.74, 6) is 0. The second kappa shape index (κ2) is 5.86. The molecule has 0 aliphatic heterocycles. The topological polar surface area (TPSA) is 46.2 Å². The average Bonchev–Trinajstić information content (AvgIpc) is 2.29. The molecule has 0 saturated carbocycles. The molecule has 114 valence electrons. The fourth-order valence-electron chi connectivity index (χ4n) is 2.09. The van der Waals surface area contributed by atoms with Crippen molar-refractivity contribution in [1.29, 1.82) is 0 Å². The van der Waals surface area contributed by atoms with Gasteiger partial charge in [0, 0.05) is 18.8 Å². The third-order valence-electron chi connectivity index (χ3n) is 4.19. The van der Waals surface area contributed by atoms with Crippen LogP contribution in [0, 0.1) is 20.8 Å². The van der Waals surface area contributed by atoms with Crippen molar-refractivity contribution < 1.29 is 8.42 Å². The zero-order valence-corrected chi connectivity index (χ0v) is 14.5. The summed E-state index contributed by atoms with van der Waals surface area (Å²) < 4.78 is 22.7. The monoisotopic (exact) mass is 297 g/mol. The highest BCUT2D eigenvalue weighted by Gasteiger charge is 2.30. The molecule has 0 bridgehead atoms. The van der Waals surface area contributed by atoms with E-state index in [0.29, 0.717) is 6.54 Å².